The lowest BCUT2D eigenvalue weighted by Crippen LogP contribution is -2.19. The molecule has 20 heavy (non-hydrogen) atoms. The highest BCUT2D eigenvalue weighted by Gasteiger charge is 2.07. The third-order valence-electron chi connectivity index (χ3n) is 2.44. The highest BCUT2D eigenvalue weighted by molar-refractivity contribution is 9.10. The first-order valence-corrected chi connectivity index (χ1v) is 6.98. The lowest BCUT2D eigenvalue weighted by atomic mass is 10.4. The maximum absolute atomic E-state index is 11.8. The van der Waals surface area contributed by atoms with Crippen LogP contribution >= 0.6 is 15.9 Å². The molecule has 1 amide bonds. The molecule has 2 aromatic heterocycles. The van der Waals surface area contributed by atoms with Crippen LogP contribution in [0.5, 0.6) is 0 Å². The molecule has 0 aliphatic rings. The Kier molecular flexibility index (Phi) is 5.19. The number of halogens is 1. The number of amides is 1. The first-order valence-electron chi connectivity index (χ1n) is 6.18. The van der Waals surface area contributed by atoms with Gasteiger partial charge in [0.15, 0.2) is 0 Å². The van der Waals surface area contributed by atoms with E-state index in [4.69, 9.17) is 0 Å². The summed E-state index contributed by atoms with van der Waals surface area (Å²) in [5.74, 6) is 0.311. The largest absolute Gasteiger partial charge is 0.311 e. The molecule has 0 saturated heterocycles. The molecule has 0 atom stereocenters. The van der Waals surface area contributed by atoms with Crippen LogP contribution in [0.25, 0.3) is 0 Å². The normalized spacial score (nSPS) is 10.5. The van der Waals surface area contributed by atoms with Crippen LogP contribution in [0.1, 0.15) is 12.6 Å². The quantitative estimate of drug-likeness (QED) is 0.826. The first kappa shape index (κ1) is 14.6. The summed E-state index contributed by atoms with van der Waals surface area (Å²) in [5.41, 5.74) is 0.807. The van der Waals surface area contributed by atoms with Gasteiger partial charge in [-0.25, -0.2) is 9.67 Å². The van der Waals surface area contributed by atoms with E-state index in [2.05, 4.69) is 41.9 Å². The summed E-state index contributed by atoms with van der Waals surface area (Å²) in [6, 6.07) is 3.53. The molecule has 2 heterocycles. The predicted octanol–water partition coefficient (Wildman–Crippen LogP) is 1.18. The van der Waals surface area contributed by atoms with Crippen LogP contribution in [0.3, 0.4) is 0 Å². The molecule has 0 aromatic carbocycles. The number of carbonyl (C=O) groups excluding carboxylic acids is 1. The maximum atomic E-state index is 11.8. The zero-order valence-corrected chi connectivity index (χ0v) is 12.6. The average molecular weight is 339 g/mol. The van der Waals surface area contributed by atoms with Crippen molar-refractivity contribution in [2.24, 2.45) is 0 Å². The van der Waals surface area contributed by atoms with Crippen LogP contribution in [0.15, 0.2) is 29.0 Å². The Balaban J connectivity index is 1.87. The van der Waals surface area contributed by atoms with Crippen LogP contribution in [0.4, 0.5) is 5.82 Å². The van der Waals surface area contributed by atoms with Crippen molar-refractivity contribution in [2.45, 2.75) is 20.0 Å². The molecule has 0 saturated carbocycles. The van der Waals surface area contributed by atoms with Gasteiger partial charge in [-0.15, -0.1) is 5.10 Å². The van der Waals surface area contributed by atoms with E-state index in [0.717, 1.165) is 16.7 Å². The molecule has 8 heteroatoms. The SMILES string of the molecule is CCNCc1cn(CC(=O)Nc2ccc(Br)cn2)nn1. The fourth-order valence-corrected chi connectivity index (χ4v) is 1.76. The Morgan fingerprint density at radius 3 is 3.00 bits per heavy atom. The number of pyridine rings is 1. The van der Waals surface area contributed by atoms with Gasteiger partial charge >= 0.3 is 0 Å². The Morgan fingerprint density at radius 1 is 1.45 bits per heavy atom. The summed E-state index contributed by atoms with van der Waals surface area (Å²) in [4.78, 5) is 15.9. The van der Waals surface area contributed by atoms with Crippen LogP contribution in [0.2, 0.25) is 0 Å². The Hall–Kier alpha value is -1.80. The molecule has 2 N–H and O–H groups in total. The van der Waals surface area contributed by atoms with Crippen molar-refractivity contribution in [3.63, 3.8) is 0 Å². The standard InChI is InChI=1S/C12H15BrN6O/c1-2-14-6-10-7-19(18-17-10)8-12(20)16-11-4-3-9(13)5-15-11/h3-5,7,14H,2,6,8H2,1H3,(H,15,16,20). The topological polar surface area (TPSA) is 84.7 Å². The van der Waals surface area contributed by atoms with Gasteiger partial charge in [-0.2, -0.15) is 0 Å². The number of hydrogen-bond acceptors (Lipinski definition) is 5. The van der Waals surface area contributed by atoms with Crippen molar-refractivity contribution >= 4 is 27.7 Å². The number of nitrogens with one attached hydrogen (secondary N) is 2. The van der Waals surface area contributed by atoms with E-state index >= 15 is 0 Å². The first-order chi connectivity index (χ1) is 9.67. The van der Waals surface area contributed by atoms with E-state index in [1.165, 1.54) is 4.68 Å². The molecule has 0 fully saturated rings. The molecule has 7 nitrogen and oxygen atoms in total. The number of hydrogen-bond donors (Lipinski definition) is 2. The third-order valence-corrected chi connectivity index (χ3v) is 2.91. The number of aromatic nitrogens is 4. The van der Waals surface area contributed by atoms with Crippen molar-refractivity contribution in [1.82, 2.24) is 25.3 Å². The van der Waals surface area contributed by atoms with Crippen molar-refractivity contribution in [3.05, 3.63) is 34.7 Å². The van der Waals surface area contributed by atoms with E-state index in [9.17, 15) is 4.79 Å². The Bertz CT molecular complexity index is 568. The summed E-state index contributed by atoms with van der Waals surface area (Å²) >= 11 is 3.29. The van der Waals surface area contributed by atoms with Gasteiger partial charge in [0.05, 0.1) is 11.9 Å². The zero-order chi connectivity index (χ0) is 14.4. The highest BCUT2D eigenvalue weighted by atomic mass is 79.9. The van der Waals surface area contributed by atoms with Crippen LogP contribution in [-0.4, -0.2) is 32.4 Å². The summed E-state index contributed by atoms with van der Waals surface area (Å²) in [6.07, 6.45) is 3.37. The second kappa shape index (κ2) is 7.11. The number of rotatable bonds is 6. The molecule has 0 spiro atoms. The zero-order valence-electron chi connectivity index (χ0n) is 11.0. The fourth-order valence-electron chi connectivity index (χ4n) is 1.53. The molecule has 2 rings (SSSR count). The van der Waals surface area contributed by atoms with E-state index in [0.29, 0.717) is 12.4 Å². The van der Waals surface area contributed by atoms with E-state index in [-0.39, 0.29) is 12.5 Å². The van der Waals surface area contributed by atoms with Crippen molar-refractivity contribution < 1.29 is 4.79 Å². The predicted molar refractivity (Wildman–Crippen MR) is 78.0 cm³/mol. The van der Waals surface area contributed by atoms with Gasteiger partial charge in [-0.05, 0) is 34.6 Å². The molecule has 106 valence electrons. The van der Waals surface area contributed by atoms with Crippen LogP contribution in [-0.2, 0) is 17.9 Å². The fraction of sp³-hybridized carbons (Fsp3) is 0.333. The molecule has 0 aliphatic carbocycles. The van der Waals surface area contributed by atoms with Gasteiger partial charge in [0.25, 0.3) is 0 Å². The summed E-state index contributed by atoms with van der Waals surface area (Å²) in [6.45, 7) is 3.63. The lowest BCUT2D eigenvalue weighted by molar-refractivity contribution is -0.116. The van der Waals surface area contributed by atoms with Gasteiger partial charge in [-0.3, -0.25) is 4.79 Å². The van der Waals surface area contributed by atoms with E-state index < -0.39 is 0 Å². The molecule has 0 aliphatic heterocycles. The minimum Gasteiger partial charge on any atom is -0.311 e. The molecule has 2 aromatic rings. The molecule has 0 radical (unpaired) electrons. The van der Waals surface area contributed by atoms with Crippen molar-refractivity contribution in [2.75, 3.05) is 11.9 Å². The second-order valence-corrected chi connectivity index (χ2v) is 5.01. The van der Waals surface area contributed by atoms with Gasteiger partial charge in [0.2, 0.25) is 5.91 Å². The number of anilines is 1. The molecular formula is C12H15BrN6O. The minimum absolute atomic E-state index is 0.108. The van der Waals surface area contributed by atoms with Crippen molar-refractivity contribution in [3.8, 4) is 0 Å². The molecule has 0 bridgehead atoms. The number of nitrogens with zero attached hydrogens (tertiary/aromatic N) is 4. The molecule has 0 unspecified atom stereocenters. The summed E-state index contributed by atoms with van der Waals surface area (Å²) in [7, 11) is 0. The highest BCUT2D eigenvalue weighted by Crippen LogP contribution is 2.10. The van der Waals surface area contributed by atoms with Crippen molar-refractivity contribution in [1.29, 1.82) is 0 Å². The van der Waals surface area contributed by atoms with Gasteiger partial charge in [-0.1, -0.05) is 12.1 Å². The second-order valence-electron chi connectivity index (χ2n) is 4.10. The van der Waals surface area contributed by atoms with E-state index in [1.807, 2.05) is 13.0 Å². The van der Waals surface area contributed by atoms with Crippen LogP contribution < -0.4 is 10.6 Å². The third kappa shape index (κ3) is 4.39. The Labute approximate surface area is 124 Å². The lowest BCUT2D eigenvalue weighted by Gasteiger charge is -2.03. The Morgan fingerprint density at radius 2 is 2.30 bits per heavy atom. The monoisotopic (exact) mass is 338 g/mol. The molecular weight excluding hydrogens is 324 g/mol. The smallest absolute Gasteiger partial charge is 0.247 e. The average Bonchev–Trinajstić information content (AvgIpc) is 2.86. The van der Waals surface area contributed by atoms with Gasteiger partial charge in [0, 0.05) is 17.2 Å². The van der Waals surface area contributed by atoms with E-state index in [1.54, 1.807) is 18.5 Å². The number of carbonyl (C=O) groups is 1. The van der Waals surface area contributed by atoms with Gasteiger partial charge < -0.3 is 10.6 Å². The summed E-state index contributed by atoms with van der Waals surface area (Å²) in [5, 5.41) is 13.7. The maximum Gasteiger partial charge on any atom is 0.247 e. The minimum atomic E-state index is -0.195. The van der Waals surface area contributed by atoms with Crippen LogP contribution in [0, 0.1) is 0 Å². The van der Waals surface area contributed by atoms with Gasteiger partial charge in [0.1, 0.15) is 12.4 Å². The summed E-state index contributed by atoms with van der Waals surface area (Å²) < 4.78 is 2.36.